The zero-order valence-corrected chi connectivity index (χ0v) is 11.8. The summed E-state index contributed by atoms with van der Waals surface area (Å²) in [7, 11) is 0. The molecule has 1 N–H and O–H groups in total. The summed E-state index contributed by atoms with van der Waals surface area (Å²) in [6, 6.07) is 10.4. The SMILES string of the molecule is Cc1ccc(C(O)c2ccc(Br)c(F)c2)cc1C. The average Bonchev–Trinajstić information content (AvgIpc) is 2.35. The molecule has 1 unspecified atom stereocenters. The predicted molar refractivity (Wildman–Crippen MR) is 74.1 cm³/mol. The van der Waals surface area contributed by atoms with Crippen molar-refractivity contribution in [2.24, 2.45) is 0 Å². The van der Waals surface area contributed by atoms with Gasteiger partial charge in [-0.3, -0.25) is 0 Å². The first-order chi connectivity index (χ1) is 8.49. The van der Waals surface area contributed by atoms with Crippen LogP contribution in [0.5, 0.6) is 0 Å². The molecule has 0 aliphatic rings. The normalized spacial score (nSPS) is 12.5. The van der Waals surface area contributed by atoms with Gasteiger partial charge < -0.3 is 5.11 Å². The van der Waals surface area contributed by atoms with Gasteiger partial charge >= 0.3 is 0 Å². The highest BCUT2D eigenvalue weighted by Crippen LogP contribution is 2.26. The second kappa shape index (κ2) is 5.21. The molecule has 1 atom stereocenters. The van der Waals surface area contributed by atoms with E-state index in [-0.39, 0.29) is 5.82 Å². The number of hydrogen-bond donors (Lipinski definition) is 1. The Morgan fingerprint density at radius 1 is 1.00 bits per heavy atom. The van der Waals surface area contributed by atoms with Crippen LogP contribution in [0.15, 0.2) is 40.9 Å². The number of benzene rings is 2. The van der Waals surface area contributed by atoms with Gasteiger partial charge in [0, 0.05) is 0 Å². The van der Waals surface area contributed by atoms with Gasteiger partial charge in [-0.05, 0) is 64.2 Å². The van der Waals surface area contributed by atoms with Gasteiger partial charge in [-0.25, -0.2) is 4.39 Å². The van der Waals surface area contributed by atoms with Gasteiger partial charge in [-0.15, -0.1) is 0 Å². The Morgan fingerprint density at radius 2 is 1.61 bits per heavy atom. The number of rotatable bonds is 2. The van der Waals surface area contributed by atoms with Crippen LogP contribution >= 0.6 is 15.9 Å². The Hall–Kier alpha value is -1.19. The molecule has 0 aliphatic carbocycles. The Kier molecular flexibility index (Phi) is 3.83. The van der Waals surface area contributed by atoms with Crippen molar-refractivity contribution in [1.82, 2.24) is 0 Å². The smallest absolute Gasteiger partial charge is 0.137 e. The van der Waals surface area contributed by atoms with E-state index < -0.39 is 6.10 Å². The van der Waals surface area contributed by atoms with Crippen LogP contribution in [-0.4, -0.2) is 5.11 Å². The summed E-state index contributed by atoms with van der Waals surface area (Å²) in [6.45, 7) is 4.01. The standard InChI is InChI=1S/C15H14BrFO/c1-9-3-4-11(7-10(9)2)15(18)12-5-6-13(16)14(17)8-12/h3-8,15,18H,1-2H3. The van der Waals surface area contributed by atoms with E-state index in [1.54, 1.807) is 12.1 Å². The van der Waals surface area contributed by atoms with Crippen LogP contribution in [0.1, 0.15) is 28.4 Å². The topological polar surface area (TPSA) is 20.2 Å². The molecular formula is C15H14BrFO. The molecule has 2 aromatic carbocycles. The van der Waals surface area contributed by atoms with Crippen molar-refractivity contribution in [1.29, 1.82) is 0 Å². The van der Waals surface area contributed by atoms with E-state index in [0.717, 1.165) is 11.1 Å². The Balaban J connectivity index is 2.37. The maximum Gasteiger partial charge on any atom is 0.137 e. The highest BCUT2D eigenvalue weighted by Gasteiger charge is 2.12. The molecular weight excluding hydrogens is 295 g/mol. The molecule has 18 heavy (non-hydrogen) atoms. The zero-order valence-electron chi connectivity index (χ0n) is 10.2. The summed E-state index contributed by atoms with van der Waals surface area (Å²) in [5.41, 5.74) is 3.62. The van der Waals surface area contributed by atoms with Crippen LogP contribution in [0.3, 0.4) is 0 Å². The Morgan fingerprint density at radius 3 is 2.22 bits per heavy atom. The summed E-state index contributed by atoms with van der Waals surface area (Å²) >= 11 is 3.10. The molecule has 0 radical (unpaired) electrons. The summed E-state index contributed by atoms with van der Waals surface area (Å²) < 4.78 is 13.8. The fourth-order valence-electron chi connectivity index (χ4n) is 1.81. The number of aliphatic hydroxyl groups excluding tert-OH is 1. The molecule has 1 nitrogen and oxygen atoms in total. The van der Waals surface area contributed by atoms with E-state index in [1.165, 1.54) is 11.6 Å². The highest BCUT2D eigenvalue weighted by molar-refractivity contribution is 9.10. The second-order valence-electron chi connectivity index (χ2n) is 4.42. The van der Waals surface area contributed by atoms with Crippen molar-refractivity contribution in [2.75, 3.05) is 0 Å². The minimum absolute atomic E-state index is 0.365. The van der Waals surface area contributed by atoms with E-state index in [2.05, 4.69) is 15.9 Å². The van der Waals surface area contributed by atoms with Crippen molar-refractivity contribution in [2.45, 2.75) is 20.0 Å². The quantitative estimate of drug-likeness (QED) is 0.877. The lowest BCUT2D eigenvalue weighted by Crippen LogP contribution is -2.01. The van der Waals surface area contributed by atoms with Crippen LogP contribution in [0.2, 0.25) is 0 Å². The minimum Gasteiger partial charge on any atom is -0.384 e. The van der Waals surface area contributed by atoms with E-state index in [0.29, 0.717) is 10.0 Å². The molecule has 0 heterocycles. The molecule has 0 spiro atoms. The molecule has 0 amide bonds. The largest absolute Gasteiger partial charge is 0.384 e. The summed E-state index contributed by atoms with van der Waals surface area (Å²) in [6.07, 6.45) is -0.799. The second-order valence-corrected chi connectivity index (χ2v) is 5.27. The molecule has 0 aromatic heterocycles. The van der Waals surface area contributed by atoms with Crippen molar-refractivity contribution >= 4 is 15.9 Å². The van der Waals surface area contributed by atoms with Gasteiger partial charge in [0.25, 0.3) is 0 Å². The first-order valence-corrected chi connectivity index (χ1v) is 6.48. The van der Waals surface area contributed by atoms with Gasteiger partial charge in [0.15, 0.2) is 0 Å². The summed E-state index contributed by atoms with van der Waals surface area (Å²) in [5.74, 6) is -0.365. The molecule has 2 aromatic rings. The van der Waals surface area contributed by atoms with E-state index >= 15 is 0 Å². The molecule has 0 bridgehead atoms. The number of aryl methyl sites for hydroxylation is 2. The third-order valence-electron chi connectivity index (χ3n) is 3.11. The van der Waals surface area contributed by atoms with Gasteiger partial charge in [-0.2, -0.15) is 0 Å². The van der Waals surface area contributed by atoms with Crippen LogP contribution in [0, 0.1) is 19.7 Å². The molecule has 94 valence electrons. The first kappa shape index (κ1) is 13.2. The highest BCUT2D eigenvalue weighted by atomic mass is 79.9. The third kappa shape index (κ3) is 2.62. The monoisotopic (exact) mass is 308 g/mol. The van der Waals surface area contributed by atoms with Crippen LogP contribution in [0.25, 0.3) is 0 Å². The molecule has 0 saturated carbocycles. The Labute approximate surface area is 114 Å². The van der Waals surface area contributed by atoms with Gasteiger partial charge in [0.2, 0.25) is 0 Å². The molecule has 2 rings (SSSR count). The van der Waals surface area contributed by atoms with Crippen molar-refractivity contribution in [3.8, 4) is 0 Å². The molecule has 0 aliphatic heterocycles. The molecule has 0 fully saturated rings. The predicted octanol–water partition coefficient (Wildman–Crippen LogP) is 4.29. The lowest BCUT2D eigenvalue weighted by atomic mass is 9.98. The van der Waals surface area contributed by atoms with Crippen LogP contribution in [0.4, 0.5) is 4.39 Å². The third-order valence-corrected chi connectivity index (χ3v) is 3.75. The fourth-order valence-corrected chi connectivity index (χ4v) is 2.06. The van der Waals surface area contributed by atoms with Gasteiger partial charge in [-0.1, -0.05) is 24.3 Å². The maximum atomic E-state index is 13.4. The van der Waals surface area contributed by atoms with Gasteiger partial charge in [0.1, 0.15) is 11.9 Å². The molecule has 3 heteroatoms. The average molecular weight is 309 g/mol. The maximum absolute atomic E-state index is 13.4. The lowest BCUT2D eigenvalue weighted by Gasteiger charge is -2.13. The van der Waals surface area contributed by atoms with Crippen molar-refractivity contribution in [3.05, 3.63) is 68.9 Å². The van der Waals surface area contributed by atoms with Crippen molar-refractivity contribution < 1.29 is 9.50 Å². The van der Waals surface area contributed by atoms with E-state index in [1.807, 2.05) is 32.0 Å². The fraction of sp³-hybridized carbons (Fsp3) is 0.200. The van der Waals surface area contributed by atoms with E-state index in [4.69, 9.17) is 0 Å². The van der Waals surface area contributed by atoms with Crippen molar-refractivity contribution in [3.63, 3.8) is 0 Å². The first-order valence-electron chi connectivity index (χ1n) is 5.69. The Bertz CT molecular complexity index is 529. The van der Waals surface area contributed by atoms with Gasteiger partial charge in [0.05, 0.1) is 4.47 Å². The molecule has 0 saturated heterocycles. The lowest BCUT2D eigenvalue weighted by molar-refractivity contribution is 0.219. The number of halogens is 2. The minimum atomic E-state index is -0.799. The summed E-state index contributed by atoms with van der Waals surface area (Å²) in [4.78, 5) is 0. The number of hydrogen-bond acceptors (Lipinski definition) is 1. The summed E-state index contributed by atoms with van der Waals surface area (Å²) in [5, 5.41) is 10.2. The number of aliphatic hydroxyl groups is 1. The van der Waals surface area contributed by atoms with E-state index in [9.17, 15) is 9.50 Å². The van der Waals surface area contributed by atoms with Crippen LogP contribution < -0.4 is 0 Å². The van der Waals surface area contributed by atoms with Crippen LogP contribution in [-0.2, 0) is 0 Å². The zero-order chi connectivity index (χ0) is 13.3.